The largest absolute Gasteiger partial charge is 0.510 e. The second-order valence-corrected chi connectivity index (χ2v) is 2.83. The number of benzene rings is 1. The Kier molecular flexibility index (Phi) is 3.56. The fourth-order valence-corrected chi connectivity index (χ4v) is 0.902. The lowest BCUT2D eigenvalue weighted by atomic mass is 10.3. The minimum atomic E-state index is -0.810. The van der Waals surface area contributed by atoms with Crippen molar-refractivity contribution >= 4 is 11.6 Å². The molecule has 0 saturated heterocycles. The van der Waals surface area contributed by atoms with Crippen LogP contribution < -0.4 is 5.73 Å². The molecule has 0 unspecified atom stereocenters. The molecule has 0 aromatic heterocycles. The van der Waals surface area contributed by atoms with E-state index < -0.39 is 5.91 Å². The lowest BCUT2D eigenvalue weighted by molar-refractivity contribution is -0.114. The van der Waals surface area contributed by atoms with E-state index in [1.165, 1.54) is 6.92 Å². The van der Waals surface area contributed by atoms with Crippen LogP contribution in [0.15, 0.2) is 52.0 Å². The molecular formula is C10H11N3O2. The van der Waals surface area contributed by atoms with Gasteiger partial charge in [-0.1, -0.05) is 18.2 Å². The fraction of sp³-hybridized carbons (Fsp3) is 0.100. The molecule has 1 rings (SSSR count). The highest BCUT2D eigenvalue weighted by Gasteiger charge is 2.07. The molecule has 1 aromatic rings. The molecule has 78 valence electrons. The zero-order chi connectivity index (χ0) is 11.3. The SMILES string of the molecule is C/C(O)=C(/N=Nc1ccccc1)C(N)=O. The van der Waals surface area contributed by atoms with Crippen LogP contribution in [0.5, 0.6) is 0 Å². The third-order valence-electron chi connectivity index (χ3n) is 1.60. The molecule has 5 heteroatoms. The standard InChI is InChI=1S/C10H11N3O2/c1-7(14)9(10(11)15)13-12-8-5-3-2-4-6-8/h2-6,14H,1H3,(H2,11,15)/b9-7-,13-12?. The summed E-state index contributed by atoms with van der Waals surface area (Å²) in [4.78, 5) is 10.8. The molecule has 0 atom stereocenters. The van der Waals surface area contributed by atoms with Crippen molar-refractivity contribution in [1.29, 1.82) is 0 Å². The minimum absolute atomic E-state index is 0.237. The van der Waals surface area contributed by atoms with Gasteiger partial charge in [-0.15, -0.1) is 5.11 Å². The Bertz CT molecular complexity index is 406. The van der Waals surface area contributed by atoms with Gasteiger partial charge in [0.05, 0.1) is 5.69 Å². The van der Waals surface area contributed by atoms with Gasteiger partial charge in [-0.2, -0.15) is 5.11 Å². The summed E-state index contributed by atoms with van der Waals surface area (Å²) in [7, 11) is 0. The molecule has 1 aromatic carbocycles. The molecule has 3 N–H and O–H groups in total. The quantitative estimate of drug-likeness (QED) is 0.449. The van der Waals surface area contributed by atoms with Crippen LogP contribution in [0.2, 0.25) is 0 Å². The maximum Gasteiger partial charge on any atom is 0.272 e. The first-order valence-corrected chi connectivity index (χ1v) is 4.27. The van der Waals surface area contributed by atoms with Gasteiger partial charge < -0.3 is 10.8 Å². The summed E-state index contributed by atoms with van der Waals surface area (Å²) in [6.07, 6.45) is 0. The smallest absolute Gasteiger partial charge is 0.272 e. The van der Waals surface area contributed by atoms with Gasteiger partial charge in [0.2, 0.25) is 0 Å². The number of nitrogens with two attached hydrogens (primary N) is 1. The number of nitrogens with zero attached hydrogens (tertiary/aromatic N) is 2. The molecule has 0 saturated carbocycles. The Morgan fingerprint density at radius 2 is 1.93 bits per heavy atom. The Balaban J connectivity index is 2.90. The van der Waals surface area contributed by atoms with E-state index in [9.17, 15) is 4.79 Å². The van der Waals surface area contributed by atoms with E-state index in [-0.39, 0.29) is 11.5 Å². The fourth-order valence-electron chi connectivity index (χ4n) is 0.902. The Morgan fingerprint density at radius 1 is 1.33 bits per heavy atom. The molecule has 0 fully saturated rings. The number of hydrogen-bond donors (Lipinski definition) is 2. The highest BCUT2D eigenvalue weighted by Crippen LogP contribution is 2.13. The first-order chi connectivity index (χ1) is 7.11. The van der Waals surface area contributed by atoms with Crippen molar-refractivity contribution in [3.8, 4) is 0 Å². The molecular weight excluding hydrogens is 194 g/mol. The highest BCUT2D eigenvalue weighted by molar-refractivity contribution is 5.91. The van der Waals surface area contributed by atoms with E-state index in [1.807, 2.05) is 6.07 Å². The van der Waals surface area contributed by atoms with Crippen LogP contribution in [-0.4, -0.2) is 11.0 Å². The molecule has 0 radical (unpaired) electrons. The number of allylic oxidation sites excluding steroid dienone is 1. The van der Waals surface area contributed by atoms with Crippen LogP contribution in [0.3, 0.4) is 0 Å². The van der Waals surface area contributed by atoms with Crippen LogP contribution in [0.25, 0.3) is 0 Å². The summed E-state index contributed by atoms with van der Waals surface area (Å²) in [5.74, 6) is -1.06. The molecule has 5 nitrogen and oxygen atoms in total. The van der Waals surface area contributed by atoms with Crippen molar-refractivity contribution in [2.45, 2.75) is 6.92 Å². The average molecular weight is 205 g/mol. The second-order valence-electron chi connectivity index (χ2n) is 2.83. The monoisotopic (exact) mass is 205 g/mol. The summed E-state index contributed by atoms with van der Waals surface area (Å²) in [5.41, 5.74) is 5.34. The Labute approximate surface area is 86.9 Å². The van der Waals surface area contributed by atoms with Gasteiger partial charge in [-0.05, 0) is 19.1 Å². The summed E-state index contributed by atoms with van der Waals surface area (Å²) in [5, 5.41) is 16.4. The van der Waals surface area contributed by atoms with E-state index in [1.54, 1.807) is 24.3 Å². The zero-order valence-corrected chi connectivity index (χ0v) is 8.21. The number of carbonyl (C=O) groups is 1. The summed E-state index contributed by atoms with van der Waals surface area (Å²) in [6, 6.07) is 8.84. The number of amides is 1. The predicted molar refractivity (Wildman–Crippen MR) is 55.5 cm³/mol. The predicted octanol–water partition coefficient (Wildman–Crippen LogP) is 2.05. The average Bonchev–Trinajstić information content (AvgIpc) is 2.18. The molecule has 0 spiro atoms. The normalized spacial score (nSPS) is 12.6. The van der Waals surface area contributed by atoms with Crippen molar-refractivity contribution in [2.75, 3.05) is 0 Å². The van der Waals surface area contributed by atoms with E-state index in [0.29, 0.717) is 5.69 Å². The van der Waals surface area contributed by atoms with Crippen molar-refractivity contribution in [1.82, 2.24) is 0 Å². The lowest BCUT2D eigenvalue weighted by Gasteiger charge is -1.96. The topological polar surface area (TPSA) is 88.0 Å². The Morgan fingerprint density at radius 3 is 2.40 bits per heavy atom. The zero-order valence-electron chi connectivity index (χ0n) is 8.21. The highest BCUT2D eigenvalue weighted by atomic mass is 16.3. The number of primary amides is 1. The number of carbonyl (C=O) groups excluding carboxylic acids is 1. The lowest BCUT2D eigenvalue weighted by Crippen LogP contribution is -2.13. The van der Waals surface area contributed by atoms with Gasteiger partial charge in [0.15, 0.2) is 5.70 Å². The first-order valence-electron chi connectivity index (χ1n) is 4.27. The van der Waals surface area contributed by atoms with Crippen LogP contribution in [0.1, 0.15) is 6.92 Å². The maximum atomic E-state index is 10.8. The van der Waals surface area contributed by atoms with E-state index in [4.69, 9.17) is 10.8 Å². The third kappa shape index (κ3) is 3.22. The van der Waals surface area contributed by atoms with Crippen LogP contribution >= 0.6 is 0 Å². The van der Waals surface area contributed by atoms with E-state index in [0.717, 1.165) is 0 Å². The van der Waals surface area contributed by atoms with Gasteiger partial charge in [0.25, 0.3) is 5.91 Å². The molecule has 0 aliphatic rings. The van der Waals surface area contributed by atoms with Gasteiger partial charge in [0, 0.05) is 0 Å². The van der Waals surface area contributed by atoms with Gasteiger partial charge in [-0.3, -0.25) is 4.79 Å². The molecule has 15 heavy (non-hydrogen) atoms. The van der Waals surface area contributed by atoms with E-state index in [2.05, 4.69) is 10.2 Å². The summed E-state index contributed by atoms with van der Waals surface area (Å²) >= 11 is 0. The molecule has 0 bridgehead atoms. The van der Waals surface area contributed by atoms with Crippen molar-refractivity contribution in [3.63, 3.8) is 0 Å². The second kappa shape index (κ2) is 4.90. The molecule has 1 amide bonds. The number of aliphatic hydroxyl groups excluding tert-OH is 1. The van der Waals surface area contributed by atoms with Gasteiger partial charge >= 0.3 is 0 Å². The minimum Gasteiger partial charge on any atom is -0.510 e. The third-order valence-corrected chi connectivity index (χ3v) is 1.60. The molecule has 0 heterocycles. The van der Waals surface area contributed by atoms with Crippen LogP contribution in [0, 0.1) is 0 Å². The summed E-state index contributed by atoms with van der Waals surface area (Å²) < 4.78 is 0. The molecule has 0 aliphatic heterocycles. The number of rotatable bonds is 3. The maximum absolute atomic E-state index is 10.8. The van der Waals surface area contributed by atoms with Gasteiger partial charge in [0.1, 0.15) is 5.76 Å². The number of aliphatic hydroxyl groups is 1. The van der Waals surface area contributed by atoms with Crippen molar-refractivity contribution in [2.24, 2.45) is 16.0 Å². The van der Waals surface area contributed by atoms with Crippen molar-refractivity contribution < 1.29 is 9.90 Å². The van der Waals surface area contributed by atoms with Crippen LogP contribution in [0.4, 0.5) is 5.69 Å². The number of hydrogen-bond acceptors (Lipinski definition) is 4. The molecule has 0 aliphatic carbocycles. The first kappa shape index (κ1) is 10.9. The van der Waals surface area contributed by atoms with Crippen molar-refractivity contribution in [3.05, 3.63) is 41.8 Å². The van der Waals surface area contributed by atoms with Gasteiger partial charge in [-0.25, -0.2) is 0 Å². The summed E-state index contributed by atoms with van der Waals surface area (Å²) in [6.45, 7) is 1.32. The van der Waals surface area contributed by atoms with E-state index >= 15 is 0 Å². The number of azo groups is 1. The van der Waals surface area contributed by atoms with Crippen LogP contribution in [-0.2, 0) is 4.79 Å². The Hall–Kier alpha value is -2.17.